The number of hydrogen-bond donors (Lipinski definition) is 3. The maximum absolute atomic E-state index is 14.1. The molecule has 2 rings (SSSR count). The molecule has 0 saturated carbocycles. The van der Waals surface area contributed by atoms with E-state index in [1.165, 1.54) is 19.2 Å². The molecule has 1 aromatic heterocycles. The van der Waals surface area contributed by atoms with E-state index in [0.717, 1.165) is 23.7 Å². The molecule has 1 heterocycles. The number of rotatable bonds is 6. The second kappa shape index (κ2) is 8.44. The molecule has 0 spiro atoms. The molecule has 8 nitrogen and oxygen atoms in total. The van der Waals surface area contributed by atoms with Crippen molar-refractivity contribution < 1.29 is 22.4 Å². The monoisotopic (exact) mass is 414 g/mol. The Bertz CT molecular complexity index is 973. The highest BCUT2D eigenvalue weighted by Gasteiger charge is 2.17. The molecule has 146 valence electrons. The van der Waals surface area contributed by atoms with Crippen molar-refractivity contribution in [3.63, 3.8) is 0 Å². The lowest BCUT2D eigenvalue weighted by Crippen LogP contribution is -2.32. The molecule has 0 unspecified atom stereocenters. The highest BCUT2D eigenvalue weighted by Crippen LogP contribution is 2.34. The summed E-state index contributed by atoms with van der Waals surface area (Å²) in [6, 6.07) is 3.31. The molecule has 2 aromatic rings. The number of hydrogen-bond acceptors (Lipinski definition) is 6. The van der Waals surface area contributed by atoms with Gasteiger partial charge in [0.2, 0.25) is 5.91 Å². The number of urea groups is 1. The Morgan fingerprint density at radius 2 is 2.00 bits per heavy atom. The highest BCUT2D eigenvalue weighted by molar-refractivity contribution is 7.90. The van der Waals surface area contributed by atoms with Gasteiger partial charge in [0.15, 0.2) is 15.0 Å². The number of carbonyl (C=O) groups is 2. The van der Waals surface area contributed by atoms with Crippen LogP contribution >= 0.6 is 11.3 Å². The first-order chi connectivity index (χ1) is 12.6. The van der Waals surface area contributed by atoms with Crippen LogP contribution in [0.25, 0.3) is 10.4 Å². The van der Waals surface area contributed by atoms with Crippen molar-refractivity contribution in [2.45, 2.75) is 18.2 Å². The number of aryl methyl sites for hydroxylation is 1. The van der Waals surface area contributed by atoms with Gasteiger partial charge in [0.25, 0.3) is 0 Å². The van der Waals surface area contributed by atoms with Gasteiger partial charge >= 0.3 is 6.03 Å². The van der Waals surface area contributed by atoms with Crippen molar-refractivity contribution in [2.24, 2.45) is 0 Å². The molecule has 0 atom stereocenters. The second-order valence-electron chi connectivity index (χ2n) is 5.65. The van der Waals surface area contributed by atoms with Gasteiger partial charge in [-0.05, 0) is 24.6 Å². The summed E-state index contributed by atoms with van der Waals surface area (Å²) in [4.78, 5) is 27.4. The number of anilines is 1. The predicted molar refractivity (Wildman–Crippen MR) is 101 cm³/mol. The smallest absolute Gasteiger partial charge is 0.321 e. The lowest BCUT2D eigenvalue weighted by Gasteiger charge is -2.04. The van der Waals surface area contributed by atoms with Crippen LogP contribution in [0.4, 0.5) is 14.3 Å². The summed E-state index contributed by atoms with van der Waals surface area (Å²) in [6.07, 6.45) is 1.09. The molecule has 0 aliphatic carbocycles. The van der Waals surface area contributed by atoms with Crippen molar-refractivity contribution in [1.82, 2.24) is 15.6 Å². The lowest BCUT2D eigenvalue weighted by molar-refractivity contribution is -0.120. The van der Waals surface area contributed by atoms with Crippen LogP contribution in [-0.4, -0.2) is 45.2 Å². The zero-order valence-electron chi connectivity index (χ0n) is 14.9. The molecule has 0 aliphatic rings. The number of nitrogens with zero attached hydrogens (tertiary/aromatic N) is 1. The Morgan fingerprint density at radius 1 is 1.30 bits per heavy atom. The Balaban J connectivity index is 2.11. The van der Waals surface area contributed by atoms with Gasteiger partial charge in [-0.25, -0.2) is 22.6 Å². The van der Waals surface area contributed by atoms with Crippen LogP contribution in [-0.2, 0) is 14.6 Å². The SMILES string of the molecule is CNC(=O)CCNC(=O)Nc1nc(C)c(-c2ccc(S(C)(=O)=O)c(F)c2)s1. The Hall–Kier alpha value is -2.53. The van der Waals surface area contributed by atoms with Crippen LogP contribution in [0, 0.1) is 12.7 Å². The molecule has 0 fully saturated rings. The van der Waals surface area contributed by atoms with Gasteiger partial charge < -0.3 is 10.6 Å². The number of carbonyl (C=O) groups excluding carboxylic acids is 2. The van der Waals surface area contributed by atoms with Crippen LogP contribution in [0.5, 0.6) is 0 Å². The number of sulfone groups is 1. The van der Waals surface area contributed by atoms with Gasteiger partial charge in [-0.3, -0.25) is 10.1 Å². The van der Waals surface area contributed by atoms with Crippen molar-refractivity contribution in [2.75, 3.05) is 25.2 Å². The Kier molecular flexibility index (Phi) is 6.50. The van der Waals surface area contributed by atoms with Crippen LogP contribution < -0.4 is 16.0 Å². The maximum Gasteiger partial charge on any atom is 0.321 e. The molecular weight excluding hydrogens is 395 g/mol. The van der Waals surface area contributed by atoms with Crippen LogP contribution in [0.15, 0.2) is 23.1 Å². The third-order valence-corrected chi connectivity index (χ3v) is 5.78. The van der Waals surface area contributed by atoms with Gasteiger partial charge in [-0.15, -0.1) is 0 Å². The van der Waals surface area contributed by atoms with E-state index in [4.69, 9.17) is 0 Å². The third-order valence-electron chi connectivity index (χ3n) is 3.53. The minimum atomic E-state index is -3.65. The fraction of sp³-hybridized carbons (Fsp3) is 0.312. The molecule has 0 aliphatic heterocycles. The summed E-state index contributed by atoms with van der Waals surface area (Å²) in [5.41, 5.74) is 1.02. The highest BCUT2D eigenvalue weighted by atomic mass is 32.2. The minimum absolute atomic E-state index is 0.151. The zero-order chi connectivity index (χ0) is 20.2. The molecular formula is C16H19FN4O4S2. The fourth-order valence-electron chi connectivity index (χ4n) is 2.22. The average Bonchev–Trinajstić information content (AvgIpc) is 2.93. The first-order valence-electron chi connectivity index (χ1n) is 7.84. The summed E-state index contributed by atoms with van der Waals surface area (Å²) in [5.74, 6) is -1.04. The molecule has 3 N–H and O–H groups in total. The van der Waals surface area contributed by atoms with Crippen LogP contribution in [0.1, 0.15) is 12.1 Å². The molecule has 0 bridgehead atoms. The molecule has 27 heavy (non-hydrogen) atoms. The van der Waals surface area contributed by atoms with E-state index in [1.54, 1.807) is 6.92 Å². The quantitative estimate of drug-likeness (QED) is 0.668. The third kappa shape index (κ3) is 5.47. The van der Waals surface area contributed by atoms with Crippen molar-refractivity contribution in [3.8, 4) is 10.4 Å². The van der Waals surface area contributed by atoms with E-state index in [2.05, 4.69) is 20.9 Å². The summed E-state index contributed by atoms with van der Waals surface area (Å²) in [6.45, 7) is 1.86. The first-order valence-corrected chi connectivity index (χ1v) is 10.6. The zero-order valence-corrected chi connectivity index (χ0v) is 16.6. The molecule has 3 amide bonds. The van der Waals surface area contributed by atoms with E-state index >= 15 is 0 Å². The van der Waals surface area contributed by atoms with Crippen molar-refractivity contribution in [3.05, 3.63) is 29.7 Å². The predicted octanol–water partition coefficient (Wildman–Crippen LogP) is 1.92. The standard InChI is InChI=1S/C16H19FN4O4S2/c1-9-14(10-4-5-12(11(17)8-10)27(3,24)25)26-16(20-9)21-15(23)19-7-6-13(22)18-2/h4-5,8H,6-7H2,1-3H3,(H,18,22)(H2,19,20,21,23). The number of amides is 3. The van der Waals surface area contributed by atoms with E-state index in [1.807, 2.05) is 0 Å². The van der Waals surface area contributed by atoms with Gasteiger partial charge in [0, 0.05) is 26.3 Å². The number of thiazole rings is 1. The van der Waals surface area contributed by atoms with Crippen molar-refractivity contribution in [1.29, 1.82) is 0 Å². The van der Waals surface area contributed by atoms with Crippen LogP contribution in [0.3, 0.4) is 0 Å². The largest absolute Gasteiger partial charge is 0.359 e. The summed E-state index contributed by atoms with van der Waals surface area (Å²) in [5, 5.41) is 7.82. The summed E-state index contributed by atoms with van der Waals surface area (Å²) in [7, 11) is -2.14. The molecule has 0 saturated heterocycles. The van der Waals surface area contributed by atoms with E-state index in [9.17, 15) is 22.4 Å². The Labute approximate surface area is 160 Å². The normalized spacial score (nSPS) is 11.1. The molecule has 11 heteroatoms. The first kappa shape index (κ1) is 20.8. The number of nitrogens with one attached hydrogen (secondary N) is 3. The average molecular weight is 414 g/mol. The van der Waals surface area contributed by atoms with E-state index in [0.29, 0.717) is 21.3 Å². The summed E-state index contributed by atoms with van der Waals surface area (Å²) < 4.78 is 37.1. The number of benzene rings is 1. The lowest BCUT2D eigenvalue weighted by atomic mass is 10.1. The second-order valence-corrected chi connectivity index (χ2v) is 8.64. The van der Waals surface area contributed by atoms with Gasteiger partial charge in [-0.2, -0.15) is 0 Å². The molecule has 0 radical (unpaired) electrons. The molecule has 1 aromatic carbocycles. The Morgan fingerprint density at radius 3 is 2.59 bits per heavy atom. The fourth-order valence-corrected chi connectivity index (χ4v) is 3.90. The number of halogens is 1. The van der Waals surface area contributed by atoms with Gasteiger partial charge in [0.05, 0.1) is 10.6 Å². The van der Waals surface area contributed by atoms with E-state index in [-0.39, 0.29) is 23.8 Å². The van der Waals surface area contributed by atoms with Crippen LogP contribution in [0.2, 0.25) is 0 Å². The van der Waals surface area contributed by atoms with Crippen molar-refractivity contribution >= 4 is 38.2 Å². The maximum atomic E-state index is 14.1. The topological polar surface area (TPSA) is 117 Å². The van der Waals surface area contributed by atoms with Gasteiger partial charge in [0.1, 0.15) is 10.7 Å². The number of aromatic nitrogens is 1. The van der Waals surface area contributed by atoms with Gasteiger partial charge in [-0.1, -0.05) is 17.4 Å². The summed E-state index contributed by atoms with van der Waals surface area (Å²) >= 11 is 1.13. The van der Waals surface area contributed by atoms with E-state index < -0.39 is 21.7 Å². The minimum Gasteiger partial charge on any atom is -0.359 e.